The van der Waals surface area contributed by atoms with Gasteiger partial charge < -0.3 is 9.73 Å². The van der Waals surface area contributed by atoms with Crippen LogP contribution in [0.5, 0.6) is 0 Å². The molecule has 21 heavy (non-hydrogen) atoms. The number of benzene rings is 1. The smallest absolute Gasteiger partial charge is 0.134 e. The summed E-state index contributed by atoms with van der Waals surface area (Å²) in [6.07, 6.45) is 2.01. The number of aryl methyl sites for hydroxylation is 1. The van der Waals surface area contributed by atoms with E-state index in [0.29, 0.717) is 6.04 Å². The molecule has 4 nitrogen and oxygen atoms in total. The van der Waals surface area contributed by atoms with Crippen molar-refractivity contribution in [2.45, 2.75) is 39.9 Å². The second kappa shape index (κ2) is 5.74. The van der Waals surface area contributed by atoms with E-state index in [9.17, 15) is 0 Å². The predicted octanol–water partition coefficient (Wildman–Crippen LogP) is 3.48. The third-order valence-corrected chi connectivity index (χ3v) is 3.55. The monoisotopic (exact) mass is 283 g/mol. The number of aromatic nitrogens is 2. The fraction of sp³-hybridized carbons (Fsp3) is 0.353. The topological polar surface area (TPSA) is 43.0 Å². The molecule has 3 aromatic rings. The van der Waals surface area contributed by atoms with Crippen molar-refractivity contribution in [2.24, 2.45) is 0 Å². The highest BCUT2D eigenvalue weighted by molar-refractivity contribution is 5.82. The average Bonchev–Trinajstić information content (AvgIpc) is 3.01. The molecule has 2 aromatic heterocycles. The number of fused-ring (bicyclic) bond motifs is 1. The van der Waals surface area contributed by atoms with Gasteiger partial charge in [0.25, 0.3) is 0 Å². The number of nitrogens with one attached hydrogen (secondary N) is 1. The molecular weight excluding hydrogens is 262 g/mol. The summed E-state index contributed by atoms with van der Waals surface area (Å²) < 4.78 is 7.99. The second-order valence-electron chi connectivity index (χ2n) is 5.69. The number of para-hydroxylation sites is 1. The van der Waals surface area contributed by atoms with Gasteiger partial charge in [-0.2, -0.15) is 5.10 Å². The minimum absolute atomic E-state index is 0.429. The van der Waals surface area contributed by atoms with Crippen molar-refractivity contribution < 1.29 is 4.42 Å². The molecule has 0 atom stereocenters. The Kier molecular flexibility index (Phi) is 3.80. The third kappa shape index (κ3) is 3.00. The van der Waals surface area contributed by atoms with Crippen molar-refractivity contribution in [3.05, 3.63) is 53.5 Å². The maximum absolute atomic E-state index is 6.02. The number of furan rings is 1. The van der Waals surface area contributed by atoms with Gasteiger partial charge in [0.2, 0.25) is 0 Å². The third-order valence-electron chi connectivity index (χ3n) is 3.55. The Morgan fingerprint density at radius 1 is 1.24 bits per heavy atom. The summed E-state index contributed by atoms with van der Waals surface area (Å²) in [5, 5.41) is 9.09. The van der Waals surface area contributed by atoms with E-state index in [1.54, 1.807) is 0 Å². The van der Waals surface area contributed by atoms with E-state index in [1.165, 1.54) is 10.9 Å². The predicted molar refractivity (Wildman–Crippen MR) is 84.3 cm³/mol. The maximum atomic E-state index is 6.02. The number of hydrogen-bond acceptors (Lipinski definition) is 3. The van der Waals surface area contributed by atoms with Gasteiger partial charge in [0.1, 0.15) is 11.3 Å². The highest BCUT2D eigenvalue weighted by Crippen LogP contribution is 2.26. The van der Waals surface area contributed by atoms with Crippen LogP contribution in [0.4, 0.5) is 0 Å². The Balaban J connectivity index is 1.98. The Morgan fingerprint density at radius 3 is 2.76 bits per heavy atom. The van der Waals surface area contributed by atoms with Crippen LogP contribution in [0, 0.1) is 6.92 Å². The first-order valence-corrected chi connectivity index (χ1v) is 7.36. The molecule has 4 heteroatoms. The van der Waals surface area contributed by atoms with Gasteiger partial charge in [0.15, 0.2) is 0 Å². The number of nitrogens with zero attached hydrogens (tertiary/aromatic N) is 2. The van der Waals surface area contributed by atoms with Crippen molar-refractivity contribution in [3.8, 4) is 0 Å². The molecule has 2 heterocycles. The minimum atomic E-state index is 0.429. The fourth-order valence-corrected chi connectivity index (χ4v) is 2.48. The first-order chi connectivity index (χ1) is 10.1. The molecule has 0 saturated carbocycles. The Labute approximate surface area is 124 Å². The maximum Gasteiger partial charge on any atom is 0.134 e. The van der Waals surface area contributed by atoms with Crippen LogP contribution in [0.1, 0.15) is 30.9 Å². The Morgan fingerprint density at radius 2 is 2.05 bits per heavy atom. The zero-order valence-corrected chi connectivity index (χ0v) is 12.8. The molecule has 0 aliphatic carbocycles. The SMILES string of the molecule is Cc1ccn(Cc2c(CNC(C)C)oc3ccccc23)n1. The summed E-state index contributed by atoms with van der Waals surface area (Å²) in [6, 6.07) is 10.6. The van der Waals surface area contributed by atoms with Crippen LogP contribution in [-0.4, -0.2) is 15.8 Å². The Bertz CT molecular complexity index is 739. The molecule has 3 rings (SSSR count). The first kappa shape index (κ1) is 13.9. The zero-order valence-electron chi connectivity index (χ0n) is 12.8. The van der Waals surface area contributed by atoms with Gasteiger partial charge in [0.05, 0.1) is 18.8 Å². The Hall–Kier alpha value is -2.07. The number of hydrogen-bond donors (Lipinski definition) is 1. The van der Waals surface area contributed by atoms with E-state index < -0.39 is 0 Å². The minimum Gasteiger partial charge on any atom is -0.459 e. The van der Waals surface area contributed by atoms with Crippen molar-refractivity contribution in [1.82, 2.24) is 15.1 Å². The highest BCUT2D eigenvalue weighted by Gasteiger charge is 2.14. The van der Waals surface area contributed by atoms with Crippen LogP contribution >= 0.6 is 0 Å². The van der Waals surface area contributed by atoms with Crippen LogP contribution < -0.4 is 5.32 Å². The zero-order chi connectivity index (χ0) is 14.8. The van der Waals surface area contributed by atoms with Gasteiger partial charge in [0, 0.05) is 23.2 Å². The fourth-order valence-electron chi connectivity index (χ4n) is 2.48. The lowest BCUT2D eigenvalue weighted by Crippen LogP contribution is -2.22. The van der Waals surface area contributed by atoms with E-state index >= 15 is 0 Å². The normalized spacial score (nSPS) is 11.6. The number of rotatable bonds is 5. The van der Waals surface area contributed by atoms with Crippen molar-refractivity contribution in [2.75, 3.05) is 0 Å². The molecule has 0 unspecified atom stereocenters. The second-order valence-corrected chi connectivity index (χ2v) is 5.69. The van der Waals surface area contributed by atoms with Crippen LogP contribution in [0.25, 0.3) is 11.0 Å². The molecule has 0 bridgehead atoms. The summed E-state index contributed by atoms with van der Waals surface area (Å²) in [6.45, 7) is 7.76. The highest BCUT2D eigenvalue weighted by atomic mass is 16.3. The van der Waals surface area contributed by atoms with Gasteiger partial charge in [-0.1, -0.05) is 32.0 Å². The van der Waals surface area contributed by atoms with E-state index in [4.69, 9.17) is 4.42 Å². The molecule has 1 aromatic carbocycles. The summed E-state index contributed by atoms with van der Waals surface area (Å²) in [4.78, 5) is 0. The molecule has 0 aliphatic heterocycles. The van der Waals surface area contributed by atoms with Crippen LogP contribution in [0.3, 0.4) is 0 Å². The summed E-state index contributed by atoms with van der Waals surface area (Å²) in [5.74, 6) is 0.998. The molecule has 110 valence electrons. The van der Waals surface area contributed by atoms with E-state index in [1.807, 2.05) is 36.0 Å². The lowest BCUT2D eigenvalue weighted by atomic mass is 10.1. The van der Waals surface area contributed by atoms with Crippen molar-refractivity contribution >= 4 is 11.0 Å². The van der Waals surface area contributed by atoms with Crippen LogP contribution in [0.2, 0.25) is 0 Å². The average molecular weight is 283 g/mol. The van der Waals surface area contributed by atoms with Gasteiger partial charge in [-0.05, 0) is 19.1 Å². The van der Waals surface area contributed by atoms with E-state index in [-0.39, 0.29) is 0 Å². The van der Waals surface area contributed by atoms with Gasteiger partial charge >= 0.3 is 0 Å². The van der Waals surface area contributed by atoms with Crippen molar-refractivity contribution in [1.29, 1.82) is 0 Å². The van der Waals surface area contributed by atoms with Gasteiger partial charge in [-0.15, -0.1) is 0 Å². The van der Waals surface area contributed by atoms with Gasteiger partial charge in [-0.3, -0.25) is 4.68 Å². The molecule has 0 amide bonds. The lowest BCUT2D eigenvalue weighted by Gasteiger charge is -2.08. The van der Waals surface area contributed by atoms with Crippen LogP contribution in [0.15, 0.2) is 40.9 Å². The summed E-state index contributed by atoms with van der Waals surface area (Å²) >= 11 is 0. The molecule has 0 fully saturated rings. The van der Waals surface area contributed by atoms with E-state index in [0.717, 1.165) is 30.1 Å². The molecule has 0 aliphatic rings. The summed E-state index contributed by atoms with van der Waals surface area (Å²) in [5.41, 5.74) is 3.18. The molecule has 0 spiro atoms. The molecular formula is C17H21N3O. The lowest BCUT2D eigenvalue weighted by molar-refractivity contribution is 0.479. The van der Waals surface area contributed by atoms with Gasteiger partial charge in [-0.25, -0.2) is 0 Å². The summed E-state index contributed by atoms with van der Waals surface area (Å²) in [7, 11) is 0. The van der Waals surface area contributed by atoms with Crippen molar-refractivity contribution in [3.63, 3.8) is 0 Å². The van der Waals surface area contributed by atoms with Crippen LogP contribution in [-0.2, 0) is 13.1 Å². The molecule has 0 radical (unpaired) electrons. The molecule has 0 saturated heterocycles. The molecule has 1 N–H and O–H groups in total. The first-order valence-electron chi connectivity index (χ1n) is 7.36. The largest absolute Gasteiger partial charge is 0.459 e. The van der Waals surface area contributed by atoms with E-state index in [2.05, 4.69) is 36.4 Å². The standard InChI is InChI=1S/C17H21N3O/c1-12(2)18-10-17-15(11-20-9-8-13(3)19-20)14-6-4-5-7-16(14)21-17/h4-9,12,18H,10-11H2,1-3H3. The quantitative estimate of drug-likeness (QED) is 0.779.